The molecule has 4 rings (SSSR count). The van der Waals surface area contributed by atoms with Gasteiger partial charge in [0.25, 0.3) is 10.0 Å². The van der Waals surface area contributed by atoms with Crippen LogP contribution in [0.25, 0.3) is 0 Å². The van der Waals surface area contributed by atoms with Gasteiger partial charge in [-0.25, -0.2) is 13.4 Å². The average Bonchev–Trinajstić information content (AvgIpc) is 2.77. The minimum atomic E-state index is -3.89. The van der Waals surface area contributed by atoms with E-state index in [9.17, 15) is 8.42 Å². The molecule has 1 fully saturated rings. The van der Waals surface area contributed by atoms with Crippen molar-refractivity contribution in [3.05, 3.63) is 64.3 Å². The summed E-state index contributed by atoms with van der Waals surface area (Å²) in [4.78, 5) is 11.1. The van der Waals surface area contributed by atoms with Crippen LogP contribution in [0.4, 0.5) is 23.1 Å². The Labute approximate surface area is 196 Å². The Morgan fingerprint density at radius 1 is 0.969 bits per heavy atom. The first-order valence-corrected chi connectivity index (χ1v) is 12.1. The normalized spacial score (nSPS) is 14.3. The first kappa shape index (κ1) is 22.6. The zero-order valence-electron chi connectivity index (χ0n) is 17.2. The van der Waals surface area contributed by atoms with Crippen molar-refractivity contribution < 1.29 is 13.2 Å². The van der Waals surface area contributed by atoms with Crippen molar-refractivity contribution in [3.8, 4) is 0 Å². The van der Waals surface area contributed by atoms with Crippen LogP contribution in [0.15, 0.2) is 53.4 Å². The maximum Gasteiger partial charge on any atom is 0.263 e. The van der Waals surface area contributed by atoms with Gasteiger partial charge in [-0.05, 0) is 49.4 Å². The third kappa shape index (κ3) is 5.42. The number of rotatable bonds is 6. The zero-order valence-corrected chi connectivity index (χ0v) is 19.5. The number of aromatic nitrogens is 2. The standard InChI is InChI=1S/C21H21Cl2N5O3S/c1-14-12-20(26-21(24-14)28-8-10-31-11-9-28)25-16-3-5-17(6-4-16)27-32(29,30)19-13-15(22)2-7-18(19)23/h2-7,12-13,27H,8-11H2,1H3,(H,24,25,26). The van der Waals surface area contributed by atoms with E-state index in [4.69, 9.17) is 27.9 Å². The Bertz CT molecular complexity index is 1220. The molecular weight excluding hydrogens is 473 g/mol. The third-order valence-corrected chi connectivity index (χ3v) is 6.83. The lowest BCUT2D eigenvalue weighted by molar-refractivity contribution is 0.122. The summed E-state index contributed by atoms with van der Waals surface area (Å²) >= 11 is 12.0. The highest BCUT2D eigenvalue weighted by molar-refractivity contribution is 7.92. The largest absolute Gasteiger partial charge is 0.378 e. The molecule has 3 aromatic rings. The SMILES string of the molecule is Cc1cc(Nc2ccc(NS(=O)(=O)c3cc(Cl)ccc3Cl)cc2)nc(N2CCOCC2)n1. The molecule has 8 nitrogen and oxygen atoms in total. The minimum absolute atomic E-state index is 0.0824. The number of halogens is 2. The summed E-state index contributed by atoms with van der Waals surface area (Å²) in [6, 6.07) is 12.9. The fourth-order valence-corrected chi connectivity index (χ4v) is 5.01. The van der Waals surface area contributed by atoms with Gasteiger partial charge in [-0.2, -0.15) is 4.98 Å². The summed E-state index contributed by atoms with van der Waals surface area (Å²) in [7, 11) is -3.89. The zero-order chi connectivity index (χ0) is 22.7. The molecule has 1 aliphatic rings. The third-order valence-electron chi connectivity index (χ3n) is 4.73. The maximum absolute atomic E-state index is 12.7. The van der Waals surface area contributed by atoms with Gasteiger partial charge in [-0.15, -0.1) is 0 Å². The van der Waals surface area contributed by atoms with Crippen molar-refractivity contribution in [3.63, 3.8) is 0 Å². The topological polar surface area (TPSA) is 96.5 Å². The van der Waals surface area contributed by atoms with E-state index in [2.05, 4.69) is 24.9 Å². The second-order valence-electron chi connectivity index (χ2n) is 7.18. The number of benzene rings is 2. The quantitative estimate of drug-likeness (QED) is 0.522. The van der Waals surface area contributed by atoms with E-state index in [0.717, 1.165) is 24.5 Å². The van der Waals surface area contributed by atoms with Gasteiger partial charge in [-0.1, -0.05) is 23.2 Å². The van der Waals surface area contributed by atoms with Crippen molar-refractivity contribution in [2.75, 3.05) is 41.2 Å². The molecule has 168 valence electrons. The highest BCUT2D eigenvalue weighted by Crippen LogP contribution is 2.27. The van der Waals surface area contributed by atoms with E-state index in [1.807, 2.05) is 13.0 Å². The number of ether oxygens (including phenoxy) is 1. The van der Waals surface area contributed by atoms with Crippen molar-refractivity contribution in [2.45, 2.75) is 11.8 Å². The Morgan fingerprint density at radius 2 is 1.66 bits per heavy atom. The van der Waals surface area contributed by atoms with Crippen LogP contribution >= 0.6 is 23.2 Å². The summed E-state index contributed by atoms with van der Waals surface area (Å²) in [5.41, 5.74) is 1.98. The Hall–Kier alpha value is -2.59. The van der Waals surface area contributed by atoms with Gasteiger partial charge >= 0.3 is 0 Å². The first-order valence-electron chi connectivity index (χ1n) is 9.83. The van der Waals surface area contributed by atoms with Crippen LogP contribution in [-0.4, -0.2) is 44.7 Å². The molecular formula is C21H21Cl2N5O3S. The van der Waals surface area contributed by atoms with Gasteiger partial charge in [0.2, 0.25) is 5.95 Å². The van der Waals surface area contributed by atoms with Gasteiger partial charge in [0.15, 0.2) is 0 Å². The summed E-state index contributed by atoms with van der Waals surface area (Å²) in [5, 5.41) is 3.61. The average molecular weight is 494 g/mol. The summed E-state index contributed by atoms with van der Waals surface area (Å²) in [6.45, 7) is 4.70. The highest BCUT2D eigenvalue weighted by Gasteiger charge is 2.19. The number of sulfonamides is 1. The lowest BCUT2D eigenvalue weighted by Crippen LogP contribution is -2.37. The smallest absolute Gasteiger partial charge is 0.263 e. The first-order chi connectivity index (χ1) is 15.3. The van der Waals surface area contributed by atoms with Crippen LogP contribution in [0.5, 0.6) is 0 Å². The Morgan fingerprint density at radius 3 is 2.38 bits per heavy atom. The molecule has 0 amide bonds. The van der Waals surface area contributed by atoms with E-state index in [1.54, 1.807) is 24.3 Å². The number of anilines is 4. The van der Waals surface area contributed by atoms with Gasteiger partial charge in [0.05, 0.1) is 18.2 Å². The van der Waals surface area contributed by atoms with Crippen LogP contribution in [0.1, 0.15) is 5.69 Å². The van der Waals surface area contributed by atoms with E-state index in [-0.39, 0.29) is 14.9 Å². The predicted molar refractivity (Wildman–Crippen MR) is 127 cm³/mol. The predicted octanol–water partition coefficient (Wildman–Crippen LogP) is 4.47. The molecule has 0 spiro atoms. The Balaban J connectivity index is 1.48. The van der Waals surface area contributed by atoms with Crippen LogP contribution in [0.3, 0.4) is 0 Å². The maximum atomic E-state index is 12.7. The lowest BCUT2D eigenvalue weighted by Gasteiger charge is -2.27. The molecule has 1 aliphatic heterocycles. The van der Waals surface area contributed by atoms with Crippen molar-refractivity contribution in [1.82, 2.24) is 9.97 Å². The molecule has 32 heavy (non-hydrogen) atoms. The second kappa shape index (κ2) is 9.50. The number of nitrogens with one attached hydrogen (secondary N) is 2. The monoisotopic (exact) mass is 493 g/mol. The van der Waals surface area contributed by atoms with Crippen LogP contribution in [-0.2, 0) is 14.8 Å². The van der Waals surface area contributed by atoms with E-state index in [0.29, 0.717) is 30.7 Å². The highest BCUT2D eigenvalue weighted by atomic mass is 35.5. The van der Waals surface area contributed by atoms with E-state index < -0.39 is 10.0 Å². The summed E-state index contributed by atoms with van der Waals surface area (Å²) in [6.07, 6.45) is 0. The molecule has 2 N–H and O–H groups in total. The molecule has 0 radical (unpaired) electrons. The van der Waals surface area contributed by atoms with Gasteiger partial charge in [0.1, 0.15) is 10.7 Å². The molecule has 0 saturated carbocycles. The van der Waals surface area contributed by atoms with Gasteiger partial charge in [0, 0.05) is 41.2 Å². The van der Waals surface area contributed by atoms with Crippen LogP contribution in [0.2, 0.25) is 10.0 Å². The fraction of sp³-hybridized carbons (Fsp3) is 0.238. The van der Waals surface area contributed by atoms with Gasteiger partial charge < -0.3 is 15.0 Å². The molecule has 1 saturated heterocycles. The Kier molecular flexibility index (Phi) is 6.71. The molecule has 2 aromatic carbocycles. The summed E-state index contributed by atoms with van der Waals surface area (Å²) < 4.78 is 33.3. The minimum Gasteiger partial charge on any atom is -0.378 e. The van der Waals surface area contributed by atoms with Crippen molar-refractivity contribution >= 4 is 56.4 Å². The fourth-order valence-electron chi connectivity index (χ4n) is 3.18. The van der Waals surface area contributed by atoms with Crippen LogP contribution < -0.4 is 14.9 Å². The number of aryl methyl sites for hydroxylation is 1. The molecule has 1 aromatic heterocycles. The molecule has 0 atom stereocenters. The molecule has 2 heterocycles. The molecule has 0 aliphatic carbocycles. The van der Waals surface area contributed by atoms with Crippen molar-refractivity contribution in [2.24, 2.45) is 0 Å². The molecule has 0 bridgehead atoms. The number of hydrogen-bond acceptors (Lipinski definition) is 7. The lowest BCUT2D eigenvalue weighted by atomic mass is 10.3. The number of hydrogen-bond donors (Lipinski definition) is 2. The molecule has 0 unspecified atom stereocenters. The van der Waals surface area contributed by atoms with E-state index >= 15 is 0 Å². The van der Waals surface area contributed by atoms with Crippen molar-refractivity contribution in [1.29, 1.82) is 0 Å². The number of morpholine rings is 1. The van der Waals surface area contributed by atoms with Gasteiger partial charge in [-0.3, -0.25) is 4.72 Å². The molecule has 11 heteroatoms. The van der Waals surface area contributed by atoms with Crippen LogP contribution in [0, 0.1) is 6.92 Å². The number of nitrogens with zero attached hydrogens (tertiary/aromatic N) is 3. The van der Waals surface area contributed by atoms with E-state index in [1.165, 1.54) is 18.2 Å². The second-order valence-corrected chi connectivity index (χ2v) is 9.67. The summed E-state index contributed by atoms with van der Waals surface area (Å²) in [5.74, 6) is 1.30.